The van der Waals surface area contributed by atoms with E-state index < -0.39 is 0 Å². The summed E-state index contributed by atoms with van der Waals surface area (Å²) in [5.41, 5.74) is 0.774. The van der Waals surface area contributed by atoms with Crippen molar-refractivity contribution in [2.45, 2.75) is 19.9 Å². The molecule has 2 rings (SSSR count). The Morgan fingerprint density at radius 1 is 1.44 bits per heavy atom. The van der Waals surface area contributed by atoms with E-state index in [9.17, 15) is 9.59 Å². The highest BCUT2D eigenvalue weighted by atomic mass is 16.5. The second-order valence-corrected chi connectivity index (χ2v) is 4.52. The molecule has 1 amide bonds. The highest BCUT2D eigenvalue weighted by molar-refractivity contribution is 5.89. The van der Waals surface area contributed by atoms with Gasteiger partial charge in [-0.3, -0.25) is 4.79 Å². The van der Waals surface area contributed by atoms with Crippen LogP contribution in [0.1, 0.15) is 13.8 Å². The Kier molecular flexibility index (Phi) is 3.50. The first-order valence-corrected chi connectivity index (χ1v) is 5.90. The number of para-hydroxylation sites is 2. The van der Waals surface area contributed by atoms with Gasteiger partial charge in [-0.2, -0.15) is 0 Å². The van der Waals surface area contributed by atoms with E-state index in [1.807, 2.05) is 26.0 Å². The Morgan fingerprint density at radius 3 is 2.89 bits per heavy atom. The molecule has 0 aromatic heterocycles. The van der Waals surface area contributed by atoms with Crippen LogP contribution >= 0.6 is 0 Å². The van der Waals surface area contributed by atoms with Gasteiger partial charge in [-0.15, -0.1) is 0 Å². The van der Waals surface area contributed by atoms with Gasteiger partial charge in [0.15, 0.2) is 5.75 Å². The number of nitrogens with zero attached hydrogens (tertiary/aromatic N) is 1. The van der Waals surface area contributed by atoms with Gasteiger partial charge in [0.2, 0.25) is 5.91 Å². The average molecular weight is 248 g/mol. The molecule has 0 radical (unpaired) electrons. The Bertz CT molecular complexity index is 471. The molecule has 0 aliphatic carbocycles. The Morgan fingerprint density at radius 2 is 2.17 bits per heavy atom. The number of hydrogen-bond donors (Lipinski definition) is 1. The average Bonchev–Trinajstić information content (AvgIpc) is 2.27. The number of fused-ring (bicyclic) bond motifs is 1. The summed E-state index contributed by atoms with van der Waals surface area (Å²) in [4.78, 5) is 24.9. The Labute approximate surface area is 106 Å². The van der Waals surface area contributed by atoms with Gasteiger partial charge in [0.05, 0.1) is 12.2 Å². The molecule has 0 spiro atoms. The molecule has 5 nitrogen and oxygen atoms in total. The number of esters is 1. The Hall–Kier alpha value is -2.04. The zero-order valence-corrected chi connectivity index (χ0v) is 10.5. The van der Waals surface area contributed by atoms with Crippen molar-refractivity contribution in [2.75, 3.05) is 18.0 Å². The topological polar surface area (TPSA) is 58.6 Å². The molecule has 0 atom stereocenters. The van der Waals surface area contributed by atoms with Crippen LogP contribution in [0.5, 0.6) is 5.75 Å². The lowest BCUT2D eigenvalue weighted by molar-refractivity contribution is -0.133. The second kappa shape index (κ2) is 5.08. The molecule has 1 aliphatic rings. The van der Waals surface area contributed by atoms with Gasteiger partial charge in [0.1, 0.15) is 6.54 Å². The molecule has 0 unspecified atom stereocenters. The van der Waals surface area contributed by atoms with E-state index in [2.05, 4.69) is 5.32 Å². The highest BCUT2D eigenvalue weighted by Crippen LogP contribution is 2.30. The number of nitrogens with one attached hydrogen (secondary N) is 1. The molecular weight excluding hydrogens is 232 g/mol. The number of ether oxygens (including phenoxy) is 1. The molecule has 96 valence electrons. The van der Waals surface area contributed by atoms with Crippen molar-refractivity contribution < 1.29 is 14.3 Å². The van der Waals surface area contributed by atoms with Crippen LogP contribution < -0.4 is 15.0 Å². The fourth-order valence-corrected chi connectivity index (χ4v) is 1.88. The molecule has 0 bridgehead atoms. The van der Waals surface area contributed by atoms with Gasteiger partial charge < -0.3 is 15.0 Å². The number of hydrogen-bond acceptors (Lipinski definition) is 4. The van der Waals surface area contributed by atoms with Crippen molar-refractivity contribution in [3.63, 3.8) is 0 Å². The summed E-state index contributed by atoms with van der Waals surface area (Å²) in [6.45, 7) is 4.06. The second-order valence-electron chi connectivity index (χ2n) is 4.52. The van der Waals surface area contributed by atoms with Crippen molar-refractivity contribution >= 4 is 17.6 Å². The summed E-state index contributed by atoms with van der Waals surface area (Å²) >= 11 is 0. The number of rotatable bonds is 3. The number of anilines is 1. The first-order chi connectivity index (χ1) is 8.56. The molecule has 0 fully saturated rings. The van der Waals surface area contributed by atoms with Crippen LogP contribution in [0.2, 0.25) is 0 Å². The maximum Gasteiger partial charge on any atom is 0.331 e. The van der Waals surface area contributed by atoms with Crippen molar-refractivity contribution in [1.29, 1.82) is 0 Å². The van der Waals surface area contributed by atoms with Crippen LogP contribution in [0.3, 0.4) is 0 Å². The first kappa shape index (κ1) is 12.4. The van der Waals surface area contributed by atoms with Crippen LogP contribution in [-0.4, -0.2) is 31.0 Å². The van der Waals surface area contributed by atoms with Crippen molar-refractivity contribution in [3.8, 4) is 5.75 Å². The molecule has 1 heterocycles. The smallest absolute Gasteiger partial charge is 0.331 e. The minimum Gasteiger partial charge on any atom is -0.423 e. The summed E-state index contributed by atoms with van der Waals surface area (Å²) in [6.07, 6.45) is 0. The largest absolute Gasteiger partial charge is 0.423 e. The van der Waals surface area contributed by atoms with E-state index in [1.54, 1.807) is 17.0 Å². The fraction of sp³-hybridized carbons (Fsp3) is 0.385. The van der Waals surface area contributed by atoms with E-state index in [1.165, 1.54) is 0 Å². The van der Waals surface area contributed by atoms with E-state index in [4.69, 9.17) is 4.74 Å². The summed E-state index contributed by atoms with van der Waals surface area (Å²) in [6, 6.07) is 7.30. The van der Waals surface area contributed by atoms with Gasteiger partial charge >= 0.3 is 5.97 Å². The summed E-state index contributed by atoms with van der Waals surface area (Å²) < 4.78 is 5.11. The van der Waals surface area contributed by atoms with E-state index in [0.29, 0.717) is 5.75 Å². The zero-order chi connectivity index (χ0) is 13.1. The van der Waals surface area contributed by atoms with Crippen LogP contribution in [0.4, 0.5) is 5.69 Å². The van der Waals surface area contributed by atoms with Gasteiger partial charge in [0.25, 0.3) is 0 Å². The van der Waals surface area contributed by atoms with Gasteiger partial charge in [-0.1, -0.05) is 12.1 Å². The molecule has 1 N–H and O–H groups in total. The van der Waals surface area contributed by atoms with Crippen LogP contribution in [0.15, 0.2) is 24.3 Å². The predicted molar refractivity (Wildman–Crippen MR) is 67.6 cm³/mol. The van der Waals surface area contributed by atoms with E-state index >= 15 is 0 Å². The molecule has 0 saturated carbocycles. The van der Waals surface area contributed by atoms with Crippen LogP contribution in [-0.2, 0) is 9.59 Å². The van der Waals surface area contributed by atoms with Gasteiger partial charge in [0, 0.05) is 6.04 Å². The molecular formula is C13H16N2O3. The third-order valence-corrected chi connectivity index (χ3v) is 2.53. The minimum absolute atomic E-state index is 0.0875. The van der Waals surface area contributed by atoms with Crippen LogP contribution in [0, 0.1) is 0 Å². The lowest BCUT2D eigenvalue weighted by Crippen LogP contribution is -2.44. The zero-order valence-electron chi connectivity index (χ0n) is 10.5. The highest BCUT2D eigenvalue weighted by Gasteiger charge is 2.25. The van der Waals surface area contributed by atoms with Crippen molar-refractivity contribution in [2.24, 2.45) is 0 Å². The number of carbonyl (C=O) groups excluding carboxylic acids is 2. The molecule has 1 aliphatic heterocycles. The maximum absolute atomic E-state index is 11.7. The molecule has 1 aromatic rings. The Balaban J connectivity index is 2.14. The molecule has 0 saturated heterocycles. The summed E-state index contributed by atoms with van der Waals surface area (Å²) in [7, 11) is 0. The standard InChI is InChI=1S/C13H16N2O3/c1-9(2)14-12(16)7-15-8-13(17)18-11-6-4-3-5-10(11)15/h3-6,9H,7-8H2,1-2H3,(H,14,16). The molecule has 18 heavy (non-hydrogen) atoms. The molecule has 1 aromatic carbocycles. The summed E-state index contributed by atoms with van der Waals surface area (Å²) in [5.74, 6) is 0.0617. The van der Waals surface area contributed by atoms with E-state index in [-0.39, 0.29) is 31.0 Å². The predicted octanol–water partition coefficient (Wildman–Crippen LogP) is 0.937. The lowest BCUT2D eigenvalue weighted by atomic mass is 10.2. The number of benzene rings is 1. The third kappa shape index (κ3) is 2.80. The lowest BCUT2D eigenvalue weighted by Gasteiger charge is -2.29. The molecule has 5 heteroatoms. The number of amides is 1. The SMILES string of the molecule is CC(C)NC(=O)CN1CC(=O)Oc2ccccc21. The van der Waals surface area contributed by atoms with Gasteiger partial charge in [-0.25, -0.2) is 4.79 Å². The van der Waals surface area contributed by atoms with Gasteiger partial charge in [-0.05, 0) is 26.0 Å². The number of carbonyl (C=O) groups is 2. The summed E-state index contributed by atoms with van der Waals surface area (Å²) in [5, 5.41) is 2.80. The fourth-order valence-electron chi connectivity index (χ4n) is 1.88. The van der Waals surface area contributed by atoms with Crippen molar-refractivity contribution in [1.82, 2.24) is 5.32 Å². The monoisotopic (exact) mass is 248 g/mol. The third-order valence-electron chi connectivity index (χ3n) is 2.53. The minimum atomic E-state index is -0.342. The van der Waals surface area contributed by atoms with Crippen molar-refractivity contribution in [3.05, 3.63) is 24.3 Å². The first-order valence-electron chi connectivity index (χ1n) is 5.90. The normalized spacial score (nSPS) is 14.2. The quantitative estimate of drug-likeness (QED) is 0.639. The maximum atomic E-state index is 11.7. The van der Waals surface area contributed by atoms with E-state index in [0.717, 1.165) is 5.69 Å². The van der Waals surface area contributed by atoms with Crippen LogP contribution in [0.25, 0.3) is 0 Å².